The van der Waals surface area contributed by atoms with E-state index in [1.165, 1.54) is 0 Å². The fourth-order valence-corrected chi connectivity index (χ4v) is 4.62. The number of carbonyl (C=O) groups is 1. The van der Waals surface area contributed by atoms with Crippen molar-refractivity contribution in [2.24, 2.45) is 5.92 Å². The van der Waals surface area contributed by atoms with Crippen molar-refractivity contribution in [3.8, 4) is 5.88 Å². The van der Waals surface area contributed by atoms with E-state index in [9.17, 15) is 4.79 Å². The van der Waals surface area contributed by atoms with Gasteiger partial charge in [-0.05, 0) is 48.4 Å². The largest absolute Gasteiger partial charge is 0.474 e. The number of Topliss-reactive ketones (excluding diaryl/α,β-unsaturated/α-hetero) is 1. The second kappa shape index (κ2) is 10.4. The zero-order valence-electron chi connectivity index (χ0n) is 18.9. The molecule has 2 fully saturated rings. The molecule has 6 heteroatoms. The summed E-state index contributed by atoms with van der Waals surface area (Å²) in [5, 5.41) is 1.07. The number of fused-ring (bicyclic) bond motifs is 1. The number of pyridine rings is 2. The van der Waals surface area contributed by atoms with E-state index < -0.39 is 0 Å². The van der Waals surface area contributed by atoms with Crippen LogP contribution in [0.15, 0.2) is 48.7 Å². The van der Waals surface area contributed by atoms with E-state index >= 15 is 0 Å². The van der Waals surface area contributed by atoms with Gasteiger partial charge in [-0.3, -0.25) is 4.79 Å². The van der Waals surface area contributed by atoms with Gasteiger partial charge < -0.3 is 14.2 Å². The van der Waals surface area contributed by atoms with Crippen LogP contribution in [0.25, 0.3) is 10.9 Å². The molecule has 0 amide bonds. The molecule has 2 aliphatic rings. The topological polar surface area (TPSA) is 70.5 Å². The quantitative estimate of drug-likeness (QED) is 0.487. The molecule has 4 heterocycles. The molecule has 0 unspecified atom stereocenters. The van der Waals surface area contributed by atoms with Crippen molar-refractivity contribution in [1.82, 2.24) is 9.97 Å². The highest BCUT2D eigenvalue weighted by Gasteiger charge is 2.20. The summed E-state index contributed by atoms with van der Waals surface area (Å²) < 4.78 is 16.8. The van der Waals surface area contributed by atoms with Crippen LogP contribution in [0.5, 0.6) is 5.88 Å². The van der Waals surface area contributed by atoms with Crippen molar-refractivity contribution >= 4 is 16.7 Å². The second-order valence-electron chi connectivity index (χ2n) is 8.98. The van der Waals surface area contributed by atoms with Gasteiger partial charge in [-0.25, -0.2) is 9.97 Å². The van der Waals surface area contributed by atoms with E-state index in [1.807, 2.05) is 36.5 Å². The molecule has 33 heavy (non-hydrogen) atoms. The van der Waals surface area contributed by atoms with Crippen LogP contribution in [0.4, 0.5) is 0 Å². The molecule has 2 saturated heterocycles. The third-order valence-corrected chi connectivity index (χ3v) is 6.55. The van der Waals surface area contributed by atoms with E-state index in [1.54, 1.807) is 0 Å². The van der Waals surface area contributed by atoms with E-state index in [2.05, 4.69) is 17.1 Å². The number of aromatic nitrogens is 2. The average Bonchev–Trinajstić information content (AvgIpc) is 2.86. The first-order valence-electron chi connectivity index (χ1n) is 11.9. The van der Waals surface area contributed by atoms with Crippen LogP contribution >= 0.6 is 0 Å². The minimum Gasteiger partial charge on any atom is -0.474 e. The summed E-state index contributed by atoms with van der Waals surface area (Å²) in [7, 11) is 0. The lowest BCUT2D eigenvalue weighted by Gasteiger charge is -2.22. The molecule has 2 aliphatic heterocycles. The fourth-order valence-electron chi connectivity index (χ4n) is 4.62. The van der Waals surface area contributed by atoms with Gasteiger partial charge in [0.25, 0.3) is 0 Å². The summed E-state index contributed by atoms with van der Waals surface area (Å²) in [5.41, 5.74) is 3.59. The maximum absolute atomic E-state index is 13.1. The molecular formula is C27H30N2O4. The first-order chi connectivity index (χ1) is 16.2. The van der Waals surface area contributed by atoms with Crippen LogP contribution in [0.3, 0.4) is 0 Å². The van der Waals surface area contributed by atoms with E-state index in [0.717, 1.165) is 74.1 Å². The van der Waals surface area contributed by atoms with Gasteiger partial charge in [-0.15, -0.1) is 0 Å². The van der Waals surface area contributed by atoms with Crippen LogP contribution in [0.1, 0.15) is 53.7 Å². The maximum Gasteiger partial charge on any atom is 0.213 e. The molecule has 0 atom stereocenters. The lowest BCUT2D eigenvalue weighted by atomic mass is 9.92. The fraction of sp³-hybridized carbons (Fsp3) is 0.444. The number of para-hydroxylation sites is 1. The Kier molecular flexibility index (Phi) is 6.93. The van der Waals surface area contributed by atoms with Crippen molar-refractivity contribution in [3.05, 3.63) is 65.5 Å². The van der Waals surface area contributed by atoms with Crippen molar-refractivity contribution in [2.45, 2.75) is 44.6 Å². The number of benzene rings is 1. The number of hydrogen-bond donors (Lipinski definition) is 0. The minimum atomic E-state index is 0.118. The number of nitrogens with zero attached hydrogens (tertiary/aromatic N) is 2. The van der Waals surface area contributed by atoms with Gasteiger partial charge in [0.1, 0.15) is 11.8 Å². The third-order valence-electron chi connectivity index (χ3n) is 6.55. The smallest absolute Gasteiger partial charge is 0.213 e. The third kappa shape index (κ3) is 5.57. The van der Waals surface area contributed by atoms with Crippen LogP contribution in [-0.4, -0.2) is 48.3 Å². The predicted molar refractivity (Wildman–Crippen MR) is 126 cm³/mol. The van der Waals surface area contributed by atoms with Crippen molar-refractivity contribution in [3.63, 3.8) is 0 Å². The lowest BCUT2D eigenvalue weighted by Crippen LogP contribution is -2.26. The second-order valence-corrected chi connectivity index (χ2v) is 8.98. The highest BCUT2D eigenvalue weighted by atomic mass is 16.5. The molecule has 0 N–H and O–H groups in total. The molecule has 0 radical (unpaired) electrons. The summed E-state index contributed by atoms with van der Waals surface area (Å²) in [6.45, 7) is 2.98. The molecule has 172 valence electrons. The minimum absolute atomic E-state index is 0.118. The number of carbonyl (C=O) groups excluding carboxylic acids is 1. The normalized spacial score (nSPS) is 17.8. The van der Waals surface area contributed by atoms with E-state index in [4.69, 9.17) is 19.2 Å². The summed E-state index contributed by atoms with van der Waals surface area (Å²) in [6, 6.07) is 14.0. The Hall–Kier alpha value is -2.83. The van der Waals surface area contributed by atoms with Gasteiger partial charge in [0, 0.05) is 50.1 Å². The SMILES string of the molecule is O=C(CC1CCOCC1)c1cc(Cc2ccc(OC3CCOCC3)nc2)c2ccccc2n1. The van der Waals surface area contributed by atoms with Gasteiger partial charge in [-0.2, -0.15) is 0 Å². The molecule has 5 rings (SSSR count). The zero-order valence-corrected chi connectivity index (χ0v) is 18.9. The Balaban J connectivity index is 1.34. The summed E-state index contributed by atoms with van der Waals surface area (Å²) >= 11 is 0. The Morgan fingerprint density at radius 2 is 1.73 bits per heavy atom. The van der Waals surface area contributed by atoms with E-state index in [0.29, 0.717) is 30.3 Å². The van der Waals surface area contributed by atoms with Crippen LogP contribution in [0.2, 0.25) is 0 Å². The van der Waals surface area contributed by atoms with Gasteiger partial charge in [-0.1, -0.05) is 24.3 Å². The maximum atomic E-state index is 13.1. The van der Waals surface area contributed by atoms with Crippen molar-refractivity contribution < 1.29 is 19.0 Å². The average molecular weight is 447 g/mol. The van der Waals surface area contributed by atoms with E-state index in [-0.39, 0.29) is 11.9 Å². The summed E-state index contributed by atoms with van der Waals surface area (Å²) in [4.78, 5) is 22.3. The van der Waals surface area contributed by atoms with Gasteiger partial charge in [0.15, 0.2) is 5.78 Å². The Bertz CT molecular complexity index is 1090. The van der Waals surface area contributed by atoms with Crippen LogP contribution in [0, 0.1) is 5.92 Å². The number of ether oxygens (including phenoxy) is 3. The van der Waals surface area contributed by atoms with Gasteiger partial charge in [0.05, 0.1) is 18.7 Å². The molecule has 0 aliphatic carbocycles. The molecule has 0 bridgehead atoms. The standard InChI is InChI=1S/C27H30N2O4/c30-26(16-19-7-11-31-12-8-19)25-17-21(23-3-1-2-4-24(23)29-25)15-20-5-6-27(28-18-20)33-22-9-13-32-14-10-22/h1-6,17-19,22H,7-16H2. The number of hydrogen-bond acceptors (Lipinski definition) is 6. The Morgan fingerprint density at radius 1 is 0.970 bits per heavy atom. The molecule has 0 spiro atoms. The Morgan fingerprint density at radius 3 is 2.48 bits per heavy atom. The molecule has 6 nitrogen and oxygen atoms in total. The first kappa shape index (κ1) is 22.0. The van der Waals surface area contributed by atoms with Gasteiger partial charge in [0.2, 0.25) is 5.88 Å². The lowest BCUT2D eigenvalue weighted by molar-refractivity contribution is 0.0237. The molecule has 3 aromatic rings. The summed E-state index contributed by atoms with van der Waals surface area (Å²) in [6.07, 6.45) is 6.95. The van der Waals surface area contributed by atoms with Gasteiger partial charge >= 0.3 is 0 Å². The molecular weight excluding hydrogens is 416 g/mol. The Labute approximate surface area is 194 Å². The van der Waals surface area contributed by atoms with Crippen LogP contribution < -0.4 is 4.74 Å². The highest BCUT2D eigenvalue weighted by Crippen LogP contribution is 2.25. The molecule has 2 aromatic heterocycles. The predicted octanol–water partition coefficient (Wildman–Crippen LogP) is 4.78. The number of rotatable bonds is 7. The molecule has 1 aromatic carbocycles. The molecule has 0 saturated carbocycles. The number of ketones is 1. The zero-order chi connectivity index (χ0) is 22.5. The van der Waals surface area contributed by atoms with Crippen molar-refractivity contribution in [1.29, 1.82) is 0 Å². The van der Waals surface area contributed by atoms with Crippen LogP contribution in [-0.2, 0) is 15.9 Å². The van der Waals surface area contributed by atoms with Crippen molar-refractivity contribution in [2.75, 3.05) is 26.4 Å². The first-order valence-corrected chi connectivity index (χ1v) is 11.9. The monoisotopic (exact) mass is 446 g/mol. The summed E-state index contributed by atoms with van der Waals surface area (Å²) in [5.74, 6) is 1.15. The highest BCUT2D eigenvalue weighted by molar-refractivity contribution is 5.97.